The van der Waals surface area contributed by atoms with Crippen molar-refractivity contribution >= 4 is 5.97 Å². The minimum atomic E-state index is -0.865. The van der Waals surface area contributed by atoms with Crippen molar-refractivity contribution in [1.29, 1.82) is 0 Å². The Labute approximate surface area is 199 Å². The van der Waals surface area contributed by atoms with Gasteiger partial charge >= 0.3 is 5.97 Å². The van der Waals surface area contributed by atoms with Crippen LogP contribution in [0.2, 0.25) is 0 Å². The van der Waals surface area contributed by atoms with Gasteiger partial charge in [-0.05, 0) is 84.9 Å². The molecule has 0 amide bonds. The Kier molecular flexibility index (Phi) is 6.98. The van der Waals surface area contributed by atoms with Gasteiger partial charge in [0.2, 0.25) is 0 Å². The maximum atomic E-state index is 13.0. The Morgan fingerprint density at radius 3 is 2.33 bits per heavy atom. The number of cyclic esters (lactones) is 1. The molecular formula is C27H46O6. The largest absolute Gasteiger partial charge is 0.465 e. The monoisotopic (exact) mass is 466 g/mol. The van der Waals surface area contributed by atoms with Gasteiger partial charge in [0.25, 0.3) is 0 Å². The number of rotatable bonds is 5. The SMILES string of the molecule is CC[C@H](C)[C@@H](O)[C@H](O)[C@@H](C)C1CCC2C3COC(=O)[C@H]4C[C@H](O)[C@H](O)C[C@]4(C)C3CC[C@@]21C. The molecule has 0 aromatic carbocycles. The van der Waals surface area contributed by atoms with Crippen LogP contribution in [-0.2, 0) is 9.53 Å². The van der Waals surface area contributed by atoms with Crippen molar-refractivity contribution in [2.75, 3.05) is 6.61 Å². The molecule has 190 valence electrons. The van der Waals surface area contributed by atoms with E-state index in [1.807, 2.05) is 13.8 Å². The molecule has 4 unspecified atom stereocenters. The van der Waals surface area contributed by atoms with Gasteiger partial charge in [0.15, 0.2) is 0 Å². The van der Waals surface area contributed by atoms with E-state index >= 15 is 0 Å². The summed E-state index contributed by atoms with van der Waals surface area (Å²) >= 11 is 0. The fourth-order valence-electron chi connectivity index (χ4n) is 8.82. The van der Waals surface area contributed by atoms with Crippen molar-refractivity contribution < 1.29 is 30.0 Å². The lowest BCUT2D eigenvalue weighted by atomic mass is 9.48. The number of hydrogen-bond donors (Lipinski definition) is 4. The summed E-state index contributed by atoms with van der Waals surface area (Å²) in [4.78, 5) is 13.0. The van der Waals surface area contributed by atoms with Crippen LogP contribution in [0.5, 0.6) is 0 Å². The third-order valence-electron chi connectivity index (χ3n) is 11.2. The Bertz CT molecular complexity index is 727. The summed E-state index contributed by atoms with van der Waals surface area (Å²) in [5.41, 5.74) is -0.333. The molecule has 1 heterocycles. The molecule has 6 heteroatoms. The van der Waals surface area contributed by atoms with Crippen LogP contribution in [0.25, 0.3) is 0 Å². The molecule has 0 aromatic rings. The van der Waals surface area contributed by atoms with Gasteiger partial charge in [-0.3, -0.25) is 4.79 Å². The Morgan fingerprint density at radius 2 is 1.67 bits per heavy atom. The molecular weight excluding hydrogens is 420 g/mol. The van der Waals surface area contributed by atoms with Gasteiger partial charge in [-0.25, -0.2) is 0 Å². The van der Waals surface area contributed by atoms with Gasteiger partial charge in [-0.2, -0.15) is 0 Å². The summed E-state index contributed by atoms with van der Waals surface area (Å²) < 4.78 is 5.85. The fourth-order valence-corrected chi connectivity index (χ4v) is 8.82. The van der Waals surface area contributed by atoms with Crippen LogP contribution < -0.4 is 0 Å². The second-order valence-corrected chi connectivity index (χ2v) is 12.6. The van der Waals surface area contributed by atoms with Crippen molar-refractivity contribution in [2.24, 2.45) is 52.3 Å². The van der Waals surface area contributed by atoms with Crippen LogP contribution >= 0.6 is 0 Å². The Morgan fingerprint density at radius 1 is 1.00 bits per heavy atom. The first kappa shape index (κ1) is 25.4. The second-order valence-electron chi connectivity index (χ2n) is 12.6. The lowest BCUT2D eigenvalue weighted by Crippen LogP contribution is -2.55. The average molecular weight is 467 g/mol. The van der Waals surface area contributed by atoms with Crippen molar-refractivity contribution in [1.82, 2.24) is 0 Å². The van der Waals surface area contributed by atoms with Gasteiger partial charge in [-0.15, -0.1) is 0 Å². The fraction of sp³-hybridized carbons (Fsp3) is 0.963. The van der Waals surface area contributed by atoms with Gasteiger partial charge in [0.1, 0.15) is 0 Å². The molecule has 4 N–H and O–H groups in total. The molecule has 4 fully saturated rings. The van der Waals surface area contributed by atoms with Crippen molar-refractivity contribution in [3.8, 4) is 0 Å². The first-order valence-electron chi connectivity index (χ1n) is 13.3. The summed E-state index contributed by atoms with van der Waals surface area (Å²) in [7, 11) is 0. The van der Waals surface area contributed by atoms with E-state index < -0.39 is 24.4 Å². The number of esters is 1. The molecule has 33 heavy (non-hydrogen) atoms. The van der Waals surface area contributed by atoms with Crippen LogP contribution in [0, 0.1) is 52.3 Å². The highest BCUT2D eigenvalue weighted by molar-refractivity contribution is 5.74. The van der Waals surface area contributed by atoms with Gasteiger partial charge in [0.05, 0.1) is 36.9 Å². The average Bonchev–Trinajstić information content (AvgIpc) is 3.09. The predicted molar refractivity (Wildman–Crippen MR) is 125 cm³/mol. The molecule has 0 radical (unpaired) electrons. The Hall–Kier alpha value is -0.690. The first-order chi connectivity index (χ1) is 15.5. The number of carbonyl (C=O) groups is 1. The molecule has 13 atom stereocenters. The highest BCUT2D eigenvalue weighted by atomic mass is 16.5. The third-order valence-corrected chi connectivity index (χ3v) is 11.2. The first-order valence-corrected chi connectivity index (χ1v) is 13.3. The van der Waals surface area contributed by atoms with Crippen molar-refractivity contribution in [3.05, 3.63) is 0 Å². The zero-order chi connectivity index (χ0) is 24.3. The van der Waals surface area contributed by atoms with Gasteiger partial charge < -0.3 is 25.2 Å². The summed E-state index contributed by atoms with van der Waals surface area (Å²) in [5.74, 6) is 0.715. The number of carbonyl (C=O) groups excluding carboxylic acids is 1. The van der Waals surface area contributed by atoms with E-state index in [-0.39, 0.29) is 52.8 Å². The molecule has 3 saturated carbocycles. The normalized spacial score (nSPS) is 49.0. The third kappa shape index (κ3) is 3.97. The van der Waals surface area contributed by atoms with E-state index in [0.29, 0.717) is 24.9 Å². The summed E-state index contributed by atoms with van der Waals surface area (Å²) in [6.45, 7) is 11.1. The molecule has 0 bridgehead atoms. The summed E-state index contributed by atoms with van der Waals surface area (Å²) in [5, 5.41) is 42.6. The maximum Gasteiger partial charge on any atom is 0.309 e. The number of ether oxygens (including phenoxy) is 1. The lowest BCUT2D eigenvalue weighted by molar-refractivity contribution is -0.162. The van der Waals surface area contributed by atoms with Crippen LogP contribution in [0.4, 0.5) is 0 Å². The highest BCUT2D eigenvalue weighted by Crippen LogP contribution is 2.66. The van der Waals surface area contributed by atoms with E-state index in [4.69, 9.17) is 4.74 Å². The summed E-state index contributed by atoms with van der Waals surface area (Å²) in [6, 6.07) is 0. The highest BCUT2D eigenvalue weighted by Gasteiger charge is 2.63. The molecule has 1 saturated heterocycles. The van der Waals surface area contributed by atoms with Crippen molar-refractivity contribution in [2.45, 2.75) is 104 Å². The van der Waals surface area contributed by atoms with Gasteiger partial charge in [0, 0.05) is 0 Å². The van der Waals surface area contributed by atoms with E-state index in [0.717, 1.165) is 32.1 Å². The zero-order valence-electron chi connectivity index (χ0n) is 21.1. The van der Waals surface area contributed by atoms with E-state index in [1.165, 1.54) is 0 Å². The number of aliphatic hydroxyl groups is 4. The molecule has 6 nitrogen and oxygen atoms in total. The van der Waals surface area contributed by atoms with E-state index in [9.17, 15) is 25.2 Å². The number of aliphatic hydroxyl groups excluding tert-OH is 4. The molecule has 4 rings (SSSR count). The molecule has 0 aromatic heterocycles. The minimum absolute atomic E-state index is 0.00358. The molecule has 0 spiro atoms. The number of hydrogen-bond acceptors (Lipinski definition) is 6. The van der Waals surface area contributed by atoms with Crippen molar-refractivity contribution in [3.63, 3.8) is 0 Å². The van der Waals surface area contributed by atoms with E-state index in [1.54, 1.807) is 0 Å². The van der Waals surface area contributed by atoms with Crippen LogP contribution in [0.3, 0.4) is 0 Å². The number of fused-ring (bicyclic) bond motifs is 5. The molecule has 4 aliphatic rings. The topological polar surface area (TPSA) is 107 Å². The minimum Gasteiger partial charge on any atom is -0.465 e. The van der Waals surface area contributed by atoms with Crippen LogP contribution in [0.1, 0.15) is 79.6 Å². The molecule has 1 aliphatic heterocycles. The Balaban J connectivity index is 1.59. The smallest absolute Gasteiger partial charge is 0.309 e. The van der Waals surface area contributed by atoms with E-state index in [2.05, 4.69) is 20.8 Å². The zero-order valence-corrected chi connectivity index (χ0v) is 21.1. The second kappa shape index (κ2) is 9.07. The maximum absolute atomic E-state index is 13.0. The predicted octanol–water partition coefficient (Wildman–Crippen LogP) is 3.14. The van der Waals surface area contributed by atoms with Crippen LogP contribution in [0.15, 0.2) is 0 Å². The quantitative estimate of drug-likeness (QED) is 0.464. The standard InChI is InChI=1S/C27H46O6/c1-6-14(2)23(30)24(31)15(3)17-7-8-18-16-13-33-25(32)20-11-21(28)22(29)12-27(20,5)19(16)9-10-26(17,18)4/h14-24,28-31H,6-13H2,1-5H3/t14-,15-,16?,17?,18?,19?,20+,21-,22+,23+,24+,26+,27+/m0/s1. The summed E-state index contributed by atoms with van der Waals surface area (Å²) in [6.07, 6.45) is 2.51. The van der Waals surface area contributed by atoms with Gasteiger partial charge in [-0.1, -0.05) is 41.0 Å². The molecule has 3 aliphatic carbocycles. The lowest BCUT2D eigenvalue weighted by Gasteiger charge is -2.56. The van der Waals surface area contributed by atoms with Crippen LogP contribution in [-0.4, -0.2) is 57.4 Å².